The fourth-order valence-corrected chi connectivity index (χ4v) is 5.68. The Balaban J connectivity index is 2.00. The zero-order chi connectivity index (χ0) is 15.4. The van der Waals surface area contributed by atoms with E-state index in [1.54, 1.807) is 0 Å². The molecule has 21 heavy (non-hydrogen) atoms. The molecule has 0 unspecified atom stereocenters. The molecular weight excluding hydrogens is 260 g/mol. The molecule has 3 rings (SSSR count). The molecule has 0 aliphatic heterocycles. The van der Waals surface area contributed by atoms with Gasteiger partial charge in [0.2, 0.25) is 0 Å². The molecule has 0 aromatic carbocycles. The third kappa shape index (κ3) is 2.06. The van der Waals surface area contributed by atoms with Crippen molar-refractivity contribution in [2.45, 2.75) is 65.1 Å². The Morgan fingerprint density at radius 2 is 1.86 bits per heavy atom. The van der Waals surface area contributed by atoms with Gasteiger partial charge in [-0.25, -0.2) is 0 Å². The van der Waals surface area contributed by atoms with Gasteiger partial charge in [0.25, 0.3) is 0 Å². The first-order valence-electron chi connectivity index (χ1n) is 8.51. The van der Waals surface area contributed by atoms with Gasteiger partial charge in [-0.3, -0.25) is 0 Å². The number of allylic oxidation sites excluding steroid dienone is 3. The van der Waals surface area contributed by atoms with E-state index in [4.69, 9.17) is 0 Å². The van der Waals surface area contributed by atoms with E-state index in [-0.39, 0.29) is 23.0 Å². The van der Waals surface area contributed by atoms with Crippen LogP contribution in [0, 0.1) is 28.6 Å². The van der Waals surface area contributed by atoms with Crippen molar-refractivity contribution in [1.29, 1.82) is 0 Å². The average Bonchev–Trinajstić information content (AvgIpc) is 2.45. The van der Waals surface area contributed by atoms with Crippen LogP contribution in [0.3, 0.4) is 0 Å². The van der Waals surface area contributed by atoms with E-state index in [1.165, 1.54) is 5.57 Å². The molecule has 3 aliphatic rings. The first-order valence-corrected chi connectivity index (χ1v) is 8.51. The lowest BCUT2D eigenvalue weighted by Gasteiger charge is -2.62. The van der Waals surface area contributed by atoms with Crippen LogP contribution >= 0.6 is 0 Å². The number of aliphatic hydroxyl groups excluding tert-OH is 2. The van der Waals surface area contributed by atoms with Crippen molar-refractivity contribution >= 4 is 0 Å². The number of hydrogen-bond acceptors (Lipinski definition) is 2. The number of fused-ring (bicyclic) bond motifs is 3. The molecule has 3 aliphatic carbocycles. The van der Waals surface area contributed by atoms with Crippen molar-refractivity contribution in [1.82, 2.24) is 0 Å². The van der Waals surface area contributed by atoms with Crippen molar-refractivity contribution in [3.05, 3.63) is 24.3 Å². The summed E-state index contributed by atoms with van der Waals surface area (Å²) in [6, 6.07) is 0. The maximum atomic E-state index is 10.8. The van der Waals surface area contributed by atoms with Crippen molar-refractivity contribution in [2.24, 2.45) is 28.6 Å². The smallest absolute Gasteiger partial charge is 0.0627 e. The van der Waals surface area contributed by atoms with Gasteiger partial charge in [0, 0.05) is 11.8 Å². The molecule has 2 fully saturated rings. The Bertz CT molecular complexity index is 464. The predicted molar refractivity (Wildman–Crippen MR) is 85.7 cm³/mol. The lowest BCUT2D eigenvalue weighted by Crippen LogP contribution is -2.61. The fourth-order valence-electron chi connectivity index (χ4n) is 5.68. The van der Waals surface area contributed by atoms with Crippen LogP contribution in [0.25, 0.3) is 0 Å². The van der Waals surface area contributed by atoms with Gasteiger partial charge in [-0.15, -0.1) is 6.58 Å². The SMILES string of the molecule is C=C[C@@H]1C=C2CC[C@@H]3C(C)(C)[C@H](O)C[C@H](O)[C@@]3(C)[C@H]2CC1. The average molecular weight is 290 g/mol. The van der Waals surface area contributed by atoms with E-state index in [9.17, 15) is 10.2 Å². The van der Waals surface area contributed by atoms with Gasteiger partial charge < -0.3 is 10.2 Å². The summed E-state index contributed by atoms with van der Waals surface area (Å²) in [5.41, 5.74) is 1.35. The molecular formula is C19H30O2. The number of rotatable bonds is 1. The van der Waals surface area contributed by atoms with Crippen LogP contribution in [0.2, 0.25) is 0 Å². The summed E-state index contributed by atoms with van der Waals surface area (Å²) < 4.78 is 0. The summed E-state index contributed by atoms with van der Waals surface area (Å²) in [5, 5.41) is 21.3. The minimum atomic E-state index is -0.389. The molecule has 0 bridgehead atoms. The second kappa shape index (κ2) is 4.96. The molecule has 2 heteroatoms. The molecule has 2 nitrogen and oxygen atoms in total. The molecule has 0 saturated heterocycles. The van der Waals surface area contributed by atoms with Crippen LogP contribution in [-0.4, -0.2) is 22.4 Å². The predicted octanol–water partition coefficient (Wildman–Crippen LogP) is 3.69. The van der Waals surface area contributed by atoms with Crippen molar-refractivity contribution in [3.63, 3.8) is 0 Å². The molecule has 0 spiro atoms. The second-order valence-electron chi connectivity index (χ2n) is 8.32. The molecule has 0 radical (unpaired) electrons. The Hall–Kier alpha value is -0.600. The summed E-state index contributed by atoms with van der Waals surface area (Å²) in [7, 11) is 0. The second-order valence-corrected chi connectivity index (χ2v) is 8.32. The highest BCUT2D eigenvalue weighted by molar-refractivity contribution is 5.25. The highest BCUT2D eigenvalue weighted by atomic mass is 16.3. The van der Waals surface area contributed by atoms with Gasteiger partial charge in [-0.05, 0) is 48.9 Å². The number of aliphatic hydroxyl groups is 2. The first-order chi connectivity index (χ1) is 9.81. The van der Waals surface area contributed by atoms with Crippen molar-refractivity contribution in [2.75, 3.05) is 0 Å². The Labute approximate surface area is 128 Å². The number of hydrogen-bond donors (Lipinski definition) is 2. The Morgan fingerprint density at radius 3 is 2.52 bits per heavy atom. The van der Waals surface area contributed by atoms with Crippen LogP contribution in [0.1, 0.15) is 52.9 Å². The van der Waals surface area contributed by atoms with E-state index in [0.717, 1.165) is 25.7 Å². The van der Waals surface area contributed by atoms with Gasteiger partial charge in [-0.2, -0.15) is 0 Å². The maximum Gasteiger partial charge on any atom is 0.0627 e. The molecule has 0 aromatic heterocycles. The summed E-state index contributed by atoms with van der Waals surface area (Å²) in [4.78, 5) is 0. The summed E-state index contributed by atoms with van der Waals surface area (Å²) >= 11 is 0. The van der Waals surface area contributed by atoms with Gasteiger partial charge in [-0.1, -0.05) is 38.5 Å². The topological polar surface area (TPSA) is 40.5 Å². The monoisotopic (exact) mass is 290 g/mol. The normalized spacial score (nSPS) is 48.8. The fraction of sp³-hybridized carbons (Fsp3) is 0.789. The lowest BCUT2D eigenvalue weighted by molar-refractivity contribution is -0.187. The lowest BCUT2D eigenvalue weighted by atomic mass is 9.44. The molecule has 2 saturated carbocycles. The van der Waals surface area contributed by atoms with Crippen LogP contribution in [0.5, 0.6) is 0 Å². The largest absolute Gasteiger partial charge is 0.392 e. The van der Waals surface area contributed by atoms with Crippen LogP contribution < -0.4 is 0 Å². The third-order valence-corrected chi connectivity index (χ3v) is 7.11. The standard InChI is InChI=1S/C19H30O2/c1-5-12-6-8-14-13(10-12)7-9-15-18(2,3)16(20)11-17(21)19(14,15)4/h5,10,12,14-17,20-21H,1,6-9,11H2,2-4H3/t12-,14-,15+,16+,17-,19-/m0/s1. The van der Waals surface area contributed by atoms with Gasteiger partial charge >= 0.3 is 0 Å². The minimum absolute atomic E-state index is 0.0844. The van der Waals surface area contributed by atoms with Crippen molar-refractivity contribution in [3.8, 4) is 0 Å². The van der Waals surface area contributed by atoms with Gasteiger partial charge in [0.15, 0.2) is 0 Å². The van der Waals surface area contributed by atoms with E-state index in [0.29, 0.717) is 24.2 Å². The molecule has 2 N–H and O–H groups in total. The Morgan fingerprint density at radius 1 is 1.14 bits per heavy atom. The third-order valence-electron chi connectivity index (χ3n) is 7.11. The first kappa shape index (κ1) is 15.3. The minimum Gasteiger partial charge on any atom is -0.392 e. The van der Waals surface area contributed by atoms with Crippen LogP contribution in [0.4, 0.5) is 0 Å². The van der Waals surface area contributed by atoms with E-state index < -0.39 is 0 Å². The highest BCUT2D eigenvalue weighted by Crippen LogP contribution is 2.62. The van der Waals surface area contributed by atoms with E-state index in [1.807, 2.05) is 0 Å². The molecule has 0 heterocycles. The summed E-state index contributed by atoms with van der Waals surface area (Å²) in [6.45, 7) is 10.6. The Kier molecular flexibility index (Phi) is 3.61. The zero-order valence-electron chi connectivity index (χ0n) is 13.7. The van der Waals surface area contributed by atoms with Crippen LogP contribution in [-0.2, 0) is 0 Å². The zero-order valence-corrected chi connectivity index (χ0v) is 13.7. The molecule has 0 aromatic rings. The van der Waals surface area contributed by atoms with Gasteiger partial charge in [0.05, 0.1) is 12.2 Å². The van der Waals surface area contributed by atoms with E-state index >= 15 is 0 Å². The van der Waals surface area contributed by atoms with Crippen LogP contribution in [0.15, 0.2) is 24.3 Å². The van der Waals surface area contributed by atoms with E-state index in [2.05, 4.69) is 39.5 Å². The highest BCUT2D eigenvalue weighted by Gasteiger charge is 2.60. The summed E-state index contributed by atoms with van der Waals surface area (Å²) in [6.07, 6.45) is 8.72. The summed E-state index contributed by atoms with van der Waals surface area (Å²) in [5.74, 6) is 1.39. The molecule has 6 atom stereocenters. The molecule has 118 valence electrons. The van der Waals surface area contributed by atoms with Crippen molar-refractivity contribution < 1.29 is 10.2 Å². The quantitative estimate of drug-likeness (QED) is 0.723. The molecule has 0 amide bonds. The maximum absolute atomic E-state index is 10.8. The van der Waals surface area contributed by atoms with Gasteiger partial charge in [0.1, 0.15) is 0 Å².